The highest BCUT2D eigenvalue weighted by molar-refractivity contribution is 7.89. The van der Waals surface area contributed by atoms with E-state index in [0.29, 0.717) is 12.5 Å². The second-order valence-corrected chi connectivity index (χ2v) is 8.66. The number of nitrogens with two attached hydrogens (primary N) is 2. The van der Waals surface area contributed by atoms with Crippen LogP contribution in [-0.4, -0.2) is 29.9 Å². The molecule has 0 bridgehead atoms. The van der Waals surface area contributed by atoms with E-state index >= 15 is 0 Å². The molecule has 1 aromatic heterocycles. The third-order valence-corrected chi connectivity index (χ3v) is 6.00. The van der Waals surface area contributed by atoms with Crippen LogP contribution in [-0.2, 0) is 10.0 Å². The van der Waals surface area contributed by atoms with Crippen molar-refractivity contribution in [2.75, 3.05) is 18.1 Å². The quantitative estimate of drug-likeness (QED) is 0.410. The number of ether oxygens (including phenoxy) is 1. The fraction of sp³-hybridized carbons (Fsp3) is 0.444. The summed E-state index contributed by atoms with van der Waals surface area (Å²) in [7, 11) is -4.26. The van der Waals surface area contributed by atoms with Gasteiger partial charge in [0.15, 0.2) is 0 Å². The molecule has 0 radical (unpaired) electrons. The molecule has 0 aliphatic heterocycles. The van der Waals surface area contributed by atoms with Crippen molar-refractivity contribution in [1.29, 1.82) is 0 Å². The molecule has 1 heterocycles. The van der Waals surface area contributed by atoms with Crippen LogP contribution in [0.5, 0.6) is 5.88 Å². The highest BCUT2D eigenvalue weighted by Gasteiger charge is 2.27. The van der Waals surface area contributed by atoms with Crippen LogP contribution in [0.25, 0.3) is 0 Å². The minimum Gasteiger partial charge on any atom is -0.593 e. The van der Waals surface area contributed by atoms with Gasteiger partial charge in [-0.1, -0.05) is 37.0 Å². The van der Waals surface area contributed by atoms with E-state index in [-0.39, 0.29) is 33.1 Å². The van der Waals surface area contributed by atoms with Gasteiger partial charge in [0.05, 0.1) is 11.5 Å². The summed E-state index contributed by atoms with van der Waals surface area (Å²) in [5.41, 5.74) is 11.9. The zero-order valence-corrected chi connectivity index (χ0v) is 16.9. The third kappa shape index (κ3) is 5.11. The Labute approximate surface area is 169 Å². The number of hydrogen-bond donors (Lipinski definition) is 2. The number of hydrogen-bond acceptors (Lipinski definition) is 8. The maximum atomic E-state index is 12.6. The number of sulfonamides is 1. The lowest BCUT2D eigenvalue weighted by Gasteiger charge is -2.21. The number of anilines is 2. The van der Waals surface area contributed by atoms with Gasteiger partial charge < -0.3 is 21.4 Å². The zero-order chi connectivity index (χ0) is 21.0. The Hall–Kier alpha value is -2.95. The second-order valence-electron chi connectivity index (χ2n) is 7.08. The van der Waals surface area contributed by atoms with Crippen molar-refractivity contribution < 1.29 is 18.0 Å². The predicted molar refractivity (Wildman–Crippen MR) is 107 cm³/mol. The van der Waals surface area contributed by atoms with E-state index in [1.54, 1.807) is 12.1 Å². The number of rotatable bonds is 6. The molecule has 1 saturated carbocycles. The Morgan fingerprint density at radius 1 is 1.17 bits per heavy atom. The fourth-order valence-electron chi connectivity index (χ4n) is 3.19. The Kier molecular flexibility index (Phi) is 6.16. The van der Waals surface area contributed by atoms with Crippen molar-refractivity contribution in [3.05, 3.63) is 35.0 Å². The molecule has 10 nitrogen and oxygen atoms in total. The number of nitrogens with zero attached hydrogens (tertiary/aromatic N) is 4. The molecule has 156 valence electrons. The van der Waals surface area contributed by atoms with Gasteiger partial charge in [0, 0.05) is 0 Å². The maximum Gasteiger partial charge on any atom is 0.349 e. The van der Waals surface area contributed by atoms with Crippen LogP contribution in [0.1, 0.15) is 37.7 Å². The molecule has 0 spiro atoms. The lowest BCUT2D eigenvalue weighted by atomic mass is 9.90. The summed E-state index contributed by atoms with van der Waals surface area (Å²) in [5, 5.41) is 12.6. The van der Waals surface area contributed by atoms with E-state index < -0.39 is 10.0 Å². The van der Waals surface area contributed by atoms with Gasteiger partial charge >= 0.3 is 15.7 Å². The van der Waals surface area contributed by atoms with Crippen molar-refractivity contribution >= 4 is 27.5 Å². The molecule has 1 aliphatic carbocycles. The first-order valence-electron chi connectivity index (χ1n) is 9.34. The van der Waals surface area contributed by atoms with Crippen molar-refractivity contribution in [2.24, 2.45) is 10.4 Å². The number of aromatic nitrogens is 2. The second kappa shape index (κ2) is 8.60. The van der Waals surface area contributed by atoms with Crippen molar-refractivity contribution in [2.45, 2.75) is 43.9 Å². The molecule has 1 fully saturated rings. The minimum atomic E-state index is -4.26. The van der Waals surface area contributed by atoms with Crippen LogP contribution in [0, 0.1) is 18.0 Å². The summed E-state index contributed by atoms with van der Waals surface area (Å²) in [5.74, 6) is -0.352. The molecule has 0 saturated heterocycles. The molecule has 0 atom stereocenters. The fourth-order valence-corrected chi connectivity index (χ4v) is 4.05. The topological polar surface area (TPSA) is 160 Å². The first-order valence-corrected chi connectivity index (χ1v) is 10.8. The first-order chi connectivity index (χ1) is 13.8. The van der Waals surface area contributed by atoms with Crippen LogP contribution in [0.15, 0.2) is 33.7 Å². The van der Waals surface area contributed by atoms with Crippen LogP contribution in [0.2, 0.25) is 0 Å². The van der Waals surface area contributed by atoms with Crippen LogP contribution in [0.3, 0.4) is 0 Å². The molecule has 4 N–H and O–H groups in total. The molecule has 0 unspecified atom stereocenters. The normalized spacial score (nSPS) is 16.0. The Balaban J connectivity index is 1.91. The average molecular weight is 420 g/mol. The Morgan fingerprint density at radius 3 is 2.48 bits per heavy atom. The SMILES string of the molecule is Cc1ccc(S(=O)(=O)/N=[N+](\[O-])c2c(N)nc(N)nc2OCC2CCCCC2)cc1. The molecular weight excluding hydrogens is 396 g/mol. The number of aryl methyl sites for hydroxylation is 1. The minimum absolute atomic E-state index is 0.122. The first kappa shape index (κ1) is 20.8. The summed E-state index contributed by atoms with van der Waals surface area (Å²) in [6.45, 7) is 2.14. The molecule has 0 amide bonds. The Bertz CT molecular complexity index is 1000. The van der Waals surface area contributed by atoms with Crippen molar-refractivity contribution in [3.63, 3.8) is 0 Å². The summed E-state index contributed by atoms with van der Waals surface area (Å²) in [6.07, 6.45) is 5.45. The molecular formula is C18H24N6O4S. The summed E-state index contributed by atoms with van der Waals surface area (Å²) in [6, 6.07) is 5.95. The average Bonchev–Trinajstić information content (AvgIpc) is 2.66. The van der Waals surface area contributed by atoms with Gasteiger partial charge in [0.25, 0.3) is 5.88 Å². The van der Waals surface area contributed by atoms with Crippen LogP contribution in [0.4, 0.5) is 17.5 Å². The molecule has 1 aromatic carbocycles. The lowest BCUT2D eigenvalue weighted by Crippen LogP contribution is -2.17. The number of nitrogen functional groups attached to an aromatic ring is 2. The van der Waals surface area contributed by atoms with E-state index in [1.165, 1.54) is 18.6 Å². The number of benzene rings is 1. The lowest BCUT2D eigenvalue weighted by molar-refractivity contribution is -0.430. The van der Waals surface area contributed by atoms with Crippen molar-refractivity contribution in [3.8, 4) is 5.88 Å². The summed E-state index contributed by atoms with van der Waals surface area (Å²) >= 11 is 0. The molecule has 11 heteroatoms. The van der Waals surface area contributed by atoms with Gasteiger partial charge in [0.2, 0.25) is 11.8 Å². The molecule has 2 aromatic rings. The van der Waals surface area contributed by atoms with E-state index in [9.17, 15) is 13.6 Å². The van der Waals surface area contributed by atoms with Gasteiger partial charge in [-0.2, -0.15) is 18.4 Å². The molecule has 1 aliphatic rings. The highest BCUT2D eigenvalue weighted by Crippen LogP contribution is 2.33. The van der Waals surface area contributed by atoms with Gasteiger partial charge in [-0.25, -0.2) is 0 Å². The van der Waals surface area contributed by atoms with Crippen molar-refractivity contribution in [1.82, 2.24) is 9.97 Å². The van der Waals surface area contributed by atoms with E-state index in [2.05, 4.69) is 14.5 Å². The van der Waals surface area contributed by atoms with E-state index in [1.807, 2.05) is 6.92 Å². The monoisotopic (exact) mass is 420 g/mol. The molecule has 29 heavy (non-hydrogen) atoms. The van der Waals surface area contributed by atoms with Gasteiger partial charge in [-0.05, 0) is 42.7 Å². The summed E-state index contributed by atoms with van der Waals surface area (Å²) in [4.78, 5) is 7.41. The maximum absolute atomic E-state index is 12.6. The highest BCUT2D eigenvalue weighted by atomic mass is 32.2. The summed E-state index contributed by atoms with van der Waals surface area (Å²) < 4.78 is 33.9. The predicted octanol–water partition coefficient (Wildman–Crippen LogP) is 2.89. The smallest absolute Gasteiger partial charge is 0.349 e. The van der Waals surface area contributed by atoms with Crippen LogP contribution < -0.4 is 16.2 Å². The zero-order valence-electron chi connectivity index (χ0n) is 16.1. The van der Waals surface area contributed by atoms with E-state index in [4.69, 9.17) is 16.2 Å². The standard InChI is InChI=1S/C18H24N6O4S/c1-12-7-9-14(10-8-12)29(26,27)23-24(25)15-16(19)21-18(20)22-17(15)28-11-13-5-3-2-4-6-13/h7-10,13H,2-6,11H2,1H3,(H4,19,20,21,22)/b24-23-. The molecule has 3 rings (SSSR count). The largest absolute Gasteiger partial charge is 0.593 e. The van der Waals surface area contributed by atoms with Gasteiger partial charge in [-0.3, -0.25) is 0 Å². The third-order valence-electron chi connectivity index (χ3n) is 4.77. The van der Waals surface area contributed by atoms with E-state index in [0.717, 1.165) is 31.2 Å². The van der Waals surface area contributed by atoms with Crippen LogP contribution >= 0.6 is 0 Å². The van der Waals surface area contributed by atoms with Gasteiger partial charge in [-0.15, -0.1) is 0 Å². The van der Waals surface area contributed by atoms with Gasteiger partial charge in [0.1, 0.15) is 4.52 Å². The Morgan fingerprint density at radius 2 is 1.83 bits per heavy atom.